The Bertz CT molecular complexity index is 265. The Balaban J connectivity index is 2.94. The van der Waals surface area contributed by atoms with Gasteiger partial charge < -0.3 is 4.74 Å². The summed E-state index contributed by atoms with van der Waals surface area (Å²) in [5.41, 5.74) is -1.67. The molecule has 0 N–H and O–H groups in total. The highest BCUT2D eigenvalue weighted by atomic mass is 19.3. The van der Waals surface area contributed by atoms with Crippen LogP contribution in [0.2, 0.25) is 0 Å². The molecular weight excluding hydrogens is 194 g/mol. The second kappa shape index (κ2) is 3.29. The van der Waals surface area contributed by atoms with Crippen LogP contribution in [0.15, 0.2) is 0 Å². The highest BCUT2D eigenvalue weighted by Gasteiger charge is 2.53. The van der Waals surface area contributed by atoms with Gasteiger partial charge in [0.2, 0.25) is 5.92 Å². The van der Waals surface area contributed by atoms with Crippen molar-refractivity contribution in [3.63, 3.8) is 0 Å². The number of ketones is 1. The normalized spacial score (nSPS) is 31.3. The summed E-state index contributed by atoms with van der Waals surface area (Å²) in [5.74, 6) is -4.28. The van der Waals surface area contributed by atoms with Gasteiger partial charge in [0.25, 0.3) is 0 Å². The molecule has 3 nitrogen and oxygen atoms in total. The van der Waals surface area contributed by atoms with Crippen molar-refractivity contribution in [3.05, 3.63) is 0 Å². The Morgan fingerprint density at radius 3 is 2.57 bits per heavy atom. The minimum atomic E-state index is -2.95. The van der Waals surface area contributed by atoms with Crippen LogP contribution in [-0.4, -0.2) is 24.8 Å². The molecule has 0 aromatic rings. The van der Waals surface area contributed by atoms with Crippen LogP contribution in [0.3, 0.4) is 0 Å². The Morgan fingerprint density at radius 1 is 1.50 bits per heavy atom. The summed E-state index contributed by atoms with van der Waals surface area (Å²) in [5, 5.41) is 0. The number of rotatable bonds is 1. The summed E-state index contributed by atoms with van der Waals surface area (Å²) < 4.78 is 30.4. The minimum Gasteiger partial charge on any atom is -0.468 e. The van der Waals surface area contributed by atoms with Crippen molar-refractivity contribution in [2.24, 2.45) is 5.41 Å². The lowest BCUT2D eigenvalue weighted by Gasteiger charge is -2.33. The Morgan fingerprint density at radius 2 is 2.07 bits per heavy atom. The summed E-state index contributed by atoms with van der Waals surface area (Å²) in [6.45, 7) is 1.22. The molecule has 80 valence electrons. The maximum absolute atomic E-state index is 13.0. The van der Waals surface area contributed by atoms with Crippen LogP contribution in [0.4, 0.5) is 8.78 Å². The molecule has 1 rings (SSSR count). The summed E-state index contributed by atoms with van der Waals surface area (Å²) in [6.07, 6.45) is -1.48. The molecule has 1 unspecified atom stereocenters. The van der Waals surface area contributed by atoms with Crippen molar-refractivity contribution in [3.8, 4) is 0 Å². The topological polar surface area (TPSA) is 43.4 Å². The number of Topliss-reactive ketones (excluding diaryl/α,β-unsaturated/α-hetero) is 1. The molecule has 0 saturated heterocycles. The summed E-state index contributed by atoms with van der Waals surface area (Å²) >= 11 is 0. The highest BCUT2D eigenvalue weighted by molar-refractivity contribution is 6.04. The Hall–Kier alpha value is -1.00. The van der Waals surface area contributed by atoms with E-state index < -0.39 is 35.9 Å². The van der Waals surface area contributed by atoms with E-state index in [0.29, 0.717) is 0 Å². The largest absolute Gasteiger partial charge is 0.468 e. The molecule has 0 spiro atoms. The van der Waals surface area contributed by atoms with E-state index in [9.17, 15) is 18.4 Å². The molecule has 1 atom stereocenters. The van der Waals surface area contributed by atoms with Gasteiger partial charge in [-0.05, 0) is 6.92 Å². The van der Waals surface area contributed by atoms with E-state index in [1.807, 2.05) is 0 Å². The molecule has 5 heteroatoms. The zero-order valence-electron chi connectivity index (χ0n) is 8.10. The van der Waals surface area contributed by atoms with E-state index in [-0.39, 0.29) is 6.42 Å². The average molecular weight is 206 g/mol. The van der Waals surface area contributed by atoms with Crippen LogP contribution in [0.5, 0.6) is 0 Å². The van der Waals surface area contributed by atoms with Gasteiger partial charge in [-0.25, -0.2) is 8.78 Å². The fourth-order valence-corrected chi connectivity index (χ4v) is 1.69. The SMILES string of the molecule is COC(=O)C1(C)CC(F)(F)CCC1=O. The second-order valence-corrected chi connectivity index (χ2v) is 3.78. The summed E-state index contributed by atoms with van der Waals surface area (Å²) in [7, 11) is 1.09. The van der Waals surface area contributed by atoms with E-state index in [1.165, 1.54) is 6.92 Å². The van der Waals surface area contributed by atoms with Gasteiger partial charge in [0.1, 0.15) is 11.2 Å². The van der Waals surface area contributed by atoms with E-state index >= 15 is 0 Å². The average Bonchev–Trinajstić information content (AvgIpc) is 2.10. The number of hydrogen-bond acceptors (Lipinski definition) is 3. The van der Waals surface area contributed by atoms with Gasteiger partial charge in [-0.1, -0.05) is 0 Å². The van der Waals surface area contributed by atoms with Crippen LogP contribution in [-0.2, 0) is 14.3 Å². The molecule has 14 heavy (non-hydrogen) atoms. The monoisotopic (exact) mass is 206 g/mol. The van der Waals surface area contributed by atoms with E-state index in [0.717, 1.165) is 7.11 Å². The van der Waals surface area contributed by atoms with Crippen LogP contribution >= 0.6 is 0 Å². The van der Waals surface area contributed by atoms with Gasteiger partial charge in [-0.2, -0.15) is 0 Å². The summed E-state index contributed by atoms with van der Waals surface area (Å²) in [4.78, 5) is 22.6. The van der Waals surface area contributed by atoms with Crippen LogP contribution in [0, 0.1) is 5.41 Å². The fourth-order valence-electron chi connectivity index (χ4n) is 1.69. The summed E-state index contributed by atoms with van der Waals surface area (Å²) in [6, 6.07) is 0. The van der Waals surface area contributed by atoms with Gasteiger partial charge in [0, 0.05) is 19.3 Å². The lowest BCUT2D eigenvalue weighted by Crippen LogP contribution is -2.46. The standard InChI is InChI=1S/C9H12F2O3/c1-8(7(13)14-2)5-9(10,11)4-3-6(8)12/h3-5H2,1-2H3. The number of carbonyl (C=O) groups is 2. The smallest absolute Gasteiger partial charge is 0.319 e. The van der Waals surface area contributed by atoms with Gasteiger partial charge in [-0.3, -0.25) is 9.59 Å². The number of esters is 1. The molecule has 1 saturated carbocycles. The zero-order valence-corrected chi connectivity index (χ0v) is 8.10. The van der Waals surface area contributed by atoms with Crippen LogP contribution < -0.4 is 0 Å². The molecule has 0 heterocycles. The molecule has 0 amide bonds. The van der Waals surface area contributed by atoms with Crippen molar-refractivity contribution in [1.29, 1.82) is 0 Å². The molecule has 0 aromatic carbocycles. The zero-order chi connectivity index (χ0) is 11.0. The van der Waals surface area contributed by atoms with Crippen molar-refractivity contribution in [1.82, 2.24) is 0 Å². The predicted octanol–water partition coefficient (Wildman–Crippen LogP) is 1.55. The molecule has 0 aliphatic heterocycles. The Kier molecular flexibility index (Phi) is 2.61. The third-order valence-corrected chi connectivity index (χ3v) is 2.58. The molecular formula is C9H12F2O3. The lowest BCUT2D eigenvalue weighted by molar-refractivity contribution is -0.169. The molecule has 0 bridgehead atoms. The highest BCUT2D eigenvalue weighted by Crippen LogP contribution is 2.42. The maximum Gasteiger partial charge on any atom is 0.319 e. The van der Waals surface area contributed by atoms with E-state index in [1.54, 1.807) is 0 Å². The minimum absolute atomic E-state index is 0.265. The number of alkyl halides is 2. The second-order valence-electron chi connectivity index (χ2n) is 3.78. The lowest BCUT2D eigenvalue weighted by atomic mass is 9.73. The van der Waals surface area contributed by atoms with E-state index in [2.05, 4.69) is 4.74 Å². The van der Waals surface area contributed by atoms with Crippen molar-refractivity contribution in [2.75, 3.05) is 7.11 Å². The van der Waals surface area contributed by atoms with Crippen molar-refractivity contribution >= 4 is 11.8 Å². The first-order valence-corrected chi connectivity index (χ1v) is 4.31. The molecule has 0 aromatic heterocycles. The quantitative estimate of drug-likeness (QED) is 0.483. The van der Waals surface area contributed by atoms with Gasteiger partial charge in [0.05, 0.1) is 7.11 Å². The third-order valence-electron chi connectivity index (χ3n) is 2.58. The van der Waals surface area contributed by atoms with Gasteiger partial charge >= 0.3 is 5.97 Å². The molecule has 1 aliphatic carbocycles. The third kappa shape index (κ3) is 1.76. The van der Waals surface area contributed by atoms with E-state index in [4.69, 9.17) is 0 Å². The van der Waals surface area contributed by atoms with Crippen molar-refractivity contribution < 1.29 is 23.1 Å². The van der Waals surface area contributed by atoms with Gasteiger partial charge in [-0.15, -0.1) is 0 Å². The fraction of sp³-hybridized carbons (Fsp3) is 0.778. The first kappa shape index (κ1) is 11.1. The predicted molar refractivity (Wildman–Crippen MR) is 43.9 cm³/mol. The number of carbonyl (C=O) groups excluding carboxylic acids is 2. The first-order chi connectivity index (χ1) is 6.32. The number of halogens is 2. The number of methoxy groups -OCH3 is 1. The molecule has 0 radical (unpaired) electrons. The molecule has 1 aliphatic rings. The maximum atomic E-state index is 13.0. The van der Waals surface area contributed by atoms with Gasteiger partial charge in [0.15, 0.2) is 0 Å². The van der Waals surface area contributed by atoms with Crippen molar-refractivity contribution in [2.45, 2.75) is 32.1 Å². The Labute approximate surface area is 80.4 Å². The number of hydrogen-bond donors (Lipinski definition) is 0. The number of ether oxygens (including phenoxy) is 1. The van der Waals surface area contributed by atoms with Crippen LogP contribution in [0.1, 0.15) is 26.2 Å². The molecule has 1 fully saturated rings. The van der Waals surface area contributed by atoms with Crippen LogP contribution in [0.25, 0.3) is 0 Å². The first-order valence-electron chi connectivity index (χ1n) is 4.31.